The maximum atomic E-state index is 12.4. The lowest BCUT2D eigenvalue weighted by Gasteiger charge is -2.21. The third-order valence-electron chi connectivity index (χ3n) is 4.70. The quantitative estimate of drug-likeness (QED) is 0.299. The van der Waals surface area contributed by atoms with Gasteiger partial charge in [0.05, 0.1) is 18.0 Å². The maximum Gasteiger partial charge on any atom is 0.240 e. The molecule has 3 aromatic rings. The van der Waals surface area contributed by atoms with Gasteiger partial charge in [-0.3, -0.25) is 4.99 Å². The summed E-state index contributed by atoms with van der Waals surface area (Å²) < 4.78 is 38.1. The second-order valence-corrected chi connectivity index (χ2v) is 8.81. The van der Waals surface area contributed by atoms with Crippen molar-refractivity contribution < 1.29 is 17.6 Å². The van der Waals surface area contributed by atoms with Crippen LogP contribution in [0, 0.1) is 0 Å². The Labute approximate surface area is 183 Å². The first-order chi connectivity index (χ1) is 14.9. The molecule has 1 aromatic heterocycles. The topological polar surface area (TPSA) is 96.2 Å². The van der Waals surface area contributed by atoms with Crippen LogP contribution in [0.1, 0.15) is 11.3 Å². The van der Waals surface area contributed by atoms with Crippen LogP contribution in [0.25, 0.3) is 11.0 Å². The van der Waals surface area contributed by atoms with E-state index in [4.69, 9.17) is 9.15 Å². The summed E-state index contributed by atoms with van der Waals surface area (Å²) in [4.78, 5) is 6.48. The van der Waals surface area contributed by atoms with Gasteiger partial charge in [-0.2, -0.15) is 0 Å². The van der Waals surface area contributed by atoms with Crippen molar-refractivity contribution in [2.75, 3.05) is 34.4 Å². The lowest BCUT2D eigenvalue weighted by molar-refractivity contribution is 0.204. The van der Waals surface area contributed by atoms with E-state index in [1.807, 2.05) is 48.3 Å². The highest BCUT2D eigenvalue weighted by molar-refractivity contribution is 7.89. The van der Waals surface area contributed by atoms with Crippen LogP contribution in [0.3, 0.4) is 0 Å². The Balaban J connectivity index is 1.62. The first-order valence-corrected chi connectivity index (χ1v) is 11.4. The van der Waals surface area contributed by atoms with Gasteiger partial charge >= 0.3 is 0 Å². The van der Waals surface area contributed by atoms with Crippen LogP contribution in [0.4, 0.5) is 0 Å². The van der Waals surface area contributed by atoms with Gasteiger partial charge in [-0.25, -0.2) is 13.1 Å². The second-order valence-electron chi connectivity index (χ2n) is 7.05. The van der Waals surface area contributed by atoms with E-state index in [9.17, 15) is 8.42 Å². The highest BCUT2D eigenvalue weighted by Gasteiger charge is 2.14. The van der Waals surface area contributed by atoms with Crippen LogP contribution < -0.4 is 10.0 Å². The lowest BCUT2D eigenvalue weighted by atomic mass is 10.2. The molecular formula is C22H28N4O4S. The molecule has 9 heteroatoms. The van der Waals surface area contributed by atoms with Gasteiger partial charge in [0.15, 0.2) is 5.96 Å². The molecule has 0 radical (unpaired) electrons. The van der Waals surface area contributed by atoms with Crippen LogP contribution in [-0.2, 0) is 27.8 Å². The molecule has 31 heavy (non-hydrogen) atoms. The molecule has 0 spiro atoms. The molecule has 3 rings (SSSR count). The number of furan rings is 1. The lowest BCUT2D eigenvalue weighted by Crippen LogP contribution is -2.38. The Morgan fingerprint density at radius 1 is 1.16 bits per heavy atom. The largest absolute Gasteiger partial charge is 0.459 e. The number of hydrogen-bond acceptors (Lipinski definition) is 5. The minimum Gasteiger partial charge on any atom is -0.459 e. The van der Waals surface area contributed by atoms with Crippen LogP contribution in [0.15, 0.2) is 68.9 Å². The molecular weight excluding hydrogens is 416 g/mol. The average Bonchev–Trinajstić information content (AvgIpc) is 3.16. The Morgan fingerprint density at radius 2 is 1.97 bits per heavy atom. The monoisotopic (exact) mass is 444 g/mol. The Bertz CT molecular complexity index is 1110. The van der Waals surface area contributed by atoms with E-state index in [0.717, 1.165) is 22.3 Å². The zero-order valence-corrected chi connectivity index (χ0v) is 18.8. The number of aliphatic imine (C=N–C) groups is 1. The molecule has 0 unspecified atom stereocenters. The molecule has 0 aliphatic rings. The van der Waals surface area contributed by atoms with Crippen molar-refractivity contribution in [3.8, 4) is 0 Å². The van der Waals surface area contributed by atoms with E-state index in [1.54, 1.807) is 25.2 Å². The fourth-order valence-electron chi connectivity index (χ4n) is 3.17. The number of ether oxygens (including phenoxy) is 1. The standard InChI is InChI=1S/C22H28N4O4S/c1-23-22(26(2)16-19-14-18-8-4-5-10-21(18)30-19)24-15-17-7-6-9-20(13-17)31(27,28)25-11-12-29-3/h4-10,13-14,25H,11-12,15-16H2,1-3H3,(H,23,24). The van der Waals surface area contributed by atoms with Gasteiger partial charge in [-0.15, -0.1) is 0 Å². The molecule has 0 saturated heterocycles. The molecule has 2 aromatic carbocycles. The van der Waals surface area contributed by atoms with Crippen molar-refractivity contribution in [3.63, 3.8) is 0 Å². The number of guanidine groups is 1. The fraction of sp³-hybridized carbons (Fsp3) is 0.318. The van der Waals surface area contributed by atoms with E-state index in [-0.39, 0.29) is 11.4 Å². The van der Waals surface area contributed by atoms with E-state index in [0.29, 0.717) is 25.7 Å². The van der Waals surface area contributed by atoms with Crippen molar-refractivity contribution in [3.05, 3.63) is 65.9 Å². The molecule has 0 saturated carbocycles. The van der Waals surface area contributed by atoms with E-state index in [2.05, 4.69) is 15.0 Å². The number of rotatable bonds is 9. The minimum atomic E-state index is -3.58. The van der Waals surface area contributed by atoms with Gasteiger partial charge in [-0.05, 0) is 29.8 Å². The number of benzene rings is 2. The van der Waals surface area contributed by atoms with Crippen molar-refractivity contribution >= 4 is 27.0 Å². The predicted molar refractivity (Wildman–Crippen MR) is 121 cm³/mol. The smallest absolute Gasteiger partial charge is 0.240 e. The molecule has 0 amide bonds. The van der Waals surface area contributed by atoms with Gasteiger partial charge in [0.1, 0.15) is 11.3 Å². The summed E-state index contributed by atoms with van der Waals surface area (Å²) in [7, 11) is 1.57. The number of para-hydroxylation sites is 1. The summed E-state index contributed by atoms with van der Waals surface area (Å²) in [6, 6.07) is 16.7. The van der Waals surface area contributed by atoms with Crippen molar-refractivity contribution in [2.24, 2.45) is 4.99 Å². The summed E-state index contributed by atoms with van der Waals surface area (Å²) in [5, 5.41) is 4.33. The predicted octanol–water partition coefficient (Wildman–Crippen LogP) is 2.56. The van der Waals surface area contributed by atoms with Crippen LogP contribution >= 0.6 is 0 Å². The molecule has 166 valence electrons. The molecule has 0 aliphatic carbocycles. The first kappa shape index (κ1) is 22.8. The molecule has 0 fully saturated rings. The number of nitrogens with one attached hydrogen (secondary N) is 2. The SMILES string of the molecule is CN=C(NCc1cccc(S(=O)(=O)NCCOC)c1)N(C)Cc1cc2ccccc2o1. The summed E-state index contributed by atoms with van der Waals surface area (Å²) in [6.45, 7) is 1.51. The van der Waals surface area contributed by atoms with E-state index < -0.39 is 10.0 Å². The summed E-state index contributed by atoms with van der Waals surface area (Å²) >= 11 is 0. The summed E-state index contributed by atoms with van der Waals surface area (Å²) in [5.74, 6) is 1.51. The maximum absolute atomic E-state index is 12.4. The minimum absolute atomic E-state index is 0.216. The Hall–Kier alpha value is -2.88. The van der Waals surface area contributed by atoms with Gasteiger partial charge in [0, 0.05) is 39.7 Å². The van der Waals surface area contributed by atoms with E-state index in [1.165, 1.54) is 7.11 Å². The van der Waals surface area contributed by atoms with Crippen molar-refractivity contribution in [1.29, 1.82) is 0 Å². The second kappa shape index (κ2) is 10.4. The Morgan fingerprint density at radius 3 is 2.71 bits per heavy atom. The number of nitrogens with zero attached hydrogens (tertiary/aromatic N) is 2. The number of methoxy groups -OCH3 is 1. The van der Waals surface area contributed by atoms with Gasteiger partial charge < -0.3 is 19.4 Å². The molecule has 0 atom stereocenters. The van der Waals surface area contributed by atoms with Gasteiger partial charge in [0.25, 0.3) is 0 Å². The third-order valence-corrected chi connectivity index (χ3v) is 6.16. The third kappa shape index (κ3) is 6.06. The summed E-state index contributed by atoms with van der Waals surface area (Å²) in [5.41, 5.74) is 1.68. The van der Waals surface area contributed by atoms with Gasteiger partial charge in [0.2, 0.25) is 10.0 Å². The van der Waals surface area contributed by atoms with Crippen LogP contribution in [-0.4, -0.2) is 53.6 Å². The van der Waals surface area contributed by atoms with Crippen molar-refractivity contribution in [2.45, 2.75) is 18.0 Å². The van der Waals surface area contributed by atoms with Crippen LogP contribution in [0.5, 0.6) is 0 Å². The number of hydrogen-bond donors (Lipinski definition) is 2. The first-order valence-electron chi connectivity index (χ1n) is 9.89. The Kier molecular flexibility index (Phi) is 7.67. The molecule has 8 nitrogen and oxygen atoms in total. The molecule has 1 heterocycles. The number of sulfonamides is 1. The highest BCUT2D eigenvalue weighted by Crippen LogP contribution is 2.19. The fourth-order valence-corrected chi connectivity index (χ4v) is 4.26. The highest BCUT2D eigenvalue weighted by atomic mass is 32.2. The molecule has 2 N–H and O–H groups in total. The zero-order chi connectivity index (χ0) is 22.3. The average molecular weight is 445 g/mol. The number of fused-ring (bicyclic) bond motifs is 1. The molecule has 0 aliphatic heterocycles. The molecule has 0 bridgehead atoms. The van der Waals surface area contributed by atoms with Crippen molar-refractivity contribution in [1.82, 2.24) is 14.9 Å². The summed E-state index contributed by atoms with van der Waals surface area (Å²) in [6.07, 6.45) is 0. The zero-order valence-electron chi connectivity index (χ0n) is 18.0. The normalized spacial score (nSPS) is 12.3. The van der Waals surface area contributed by atoms with Crippen LogP contribution in [0.2, 0.25) is 0 Å². The van der Waals surface area contributed by atoms with Gasteiger partial charge in [-0.1, -0.05) is 30.3 Å². The van der Waals surface area contributed by atoms with E-state index >= 15 is 0 Å².